The van der Waals surface area contributed by atoms with Crippen LogP contribution in [0.3, 0.4) is 0 Å². The molecule has 2 aromatic heterocycles. The fraction of sp³-hybridized carbons (Fsp3) is 0.333. The van der Waals surface area contributed by atoms with Crippen molar-refractivity contribution in [2.24, 2.45) is 0 Å². The second-order valence-corrected chi connectivity index (χ2v) is 4.59. The zero-order chi connectivity index (χ0) is 10.8. The van der Waals surface area contributed by atoms with Gasteiger partial charge in [0.05, 0.1) is 6.20 Å². The molecular formula is C9H12N4OS. The lowest BCUT2D eigenvalue weighted by molar-refractivity contribution is 0.406. The minimum Gasteiger partial charge on any atom is -0.394 e. The quantitative estimate of drug-likeness (QED) is 0.854. The summed E-state index contributed by atoms with van der Waals surface area (Å²) < 4.78 is 5.03. The van der Waals surface area contributed by atoms with Crippen molar-refractivity contribution >= 4 is 17.0 Å². The SMILES string of the molecule is CN(C)Cc1cnc(-c2oncc2N)s1. The molecule has 0 aliphatic rings. The summed E-state index contributed by atoms with van der Waals surface area (Å²) in [5, 5.41) is 4.40. The van der Waals surface area contributed by atoms with Gasteiger partial charge in [-0.15, -0.1) is 11.3 Å². The van der Waals surface area contributed by atoms with Crippen molar-refractivity contribution in [3.63, 3.8) is 0 Å². The molecule has 2 heterocycles. The molecule has 0 atom stereocenters. The smallest absolute Gasteiger partial charge is 0.218 e. The van der Waals surface area contributed by atoms with Crippen LogP contribution in [0.5, 0.6) is 0 Å². The van der Waals surface area contributed by atoms with E-state index < -0.39 is 0 Å². The highest BCUT2D eigenvalue weighted by Gasteiger charge is 2.12. The van der Waals surface area contributed by atoms with Gasteiger partial charge >= 0.3 is 0 Å². The molecule has 0 spiro atoms. The van der Waals surface area contributed by atoms with Crippen molar-refractivity contribution < 1.29 is 4.52 Å². The molecule has 0 bridgehead atoms. The number of rotatable bonds is 3. The first-order valence-corrected chi connectivity index (χ1v) is 5.28. The summed E-state index contributed by atoms with van der Waals surface area (Å²) in [7, 11) is 4.03. The Morgan fingerprint density at radius 2 is 2.27 bits per heavy atom. The van der Waals surface area contributed by atoms with E-state index in [1.807, 2.05) is 20.3 Å². The Bertz CT molecular complexity index is 448. The second kappa shape index (κ2) is 4.00. The highest BCUT2D eigenvalue weighted by Crippen LogP contribution is 2.29. The monoisotopic (exact) mass is 224 g/mol. The van der Waals surface area contributed by atoms with Crippen LogP contribution >= 0.6 is 11.3 Å². The molecule has 15 heavy (non-hydrogen) atoms. The zero-order valence-corrected chi connectivity index (χ0v) is 9.41. The van der Waals surface area contributed by atoms with Gasteiger partial charge in [0.2, 0.25) is 5.76 Å². The van der Waals surface area contributed by atoms with Crippen molar-refractivity contribution in [3.8, 4) is 10.8 Å². The average molecular weight is 224 g/mol. The molecule has 2 N–H and O–H groups in total. The number of nitrogens with zero attached hydrogens (tertiary/aromatic N) is 3. The van der Waals surface area contributed by atoms with E-state index in [2.05, 4.69) is 15.0 Å². The molecule has 0 amide bonds. The van der Waals surface area contributed by atoms with Crippen LogP contribution in [-0.2, 0) is 6.54 Å². The highest BCUT2D eigenvalue weighted by atomic mass is 32.1. The van der Waals surface area contributed by atoms with Crippen LogP contribution in [0.25, 0.3) is 10.8 Å². The maximum Gasteiger partial charge on any atom is 0.218 e. The van der Waals surface area contributed by atoms with Gasteiger partial charge in [-0.1, -0.05) is 5.16 Å². The lowest BCUT2D eigenvalue weighted by Crippen LogP contribution is -2.09. The molecule has 5 nitrogen and oxygen atoms in total. The minimum absolute atomic E-state index is 0.528. The Balaban J connectivity index is 2.24. The van der Waals surface area contributed by atoms with Crippen LogP contribution in [-0.4, -0.2) is 29.1 Å². The van der Waals surface area contributed by atoms with E-state index in [1.165, 1.54) is 11.1 Å². The van der Waals surface area contributed by atoms with Crippen LogP contribution in [0.1, 0.15) is 4.88 Å². The first-order valence-electron chi connectivity index (χ1n) is 4.47. The number of aromatic nitrogens is 2. The minimum atomic E-state index is 0.528. The molecule has 0 saturated carbocycles. The first-order chi connectivity index (χ1) is 7.16. The zero-order valence-electron chi connectivity index (χ0n) is 8.60. The average Bonchev–Trinajstić information content (AvgIpc) is 2.72. The molecule has 0 aliphatic carbocycles. The summed E-state index contributed by atoms with van der Waals surface area (Å²) in [6.45, 7) is 0.867. The topological polar surface area (TPSA) is 68.2 Å². The number of hydrogen-bond donors (Lipinski definition) is 1. The van der Waals surface area contributed by atoms with E-state index in [1.54, 1.807) is 11.3 Å². The molecule has 80 valence electrons. The summed E-state index contributed by atoms with van der Waals surface area (Å²) in [6, 6.07) is 0. The molecular weight excluding hydrogens is 212 g/mol. The number of anilines is 1. The molecule has 2 aromatic rings. The fourth-order valence-electron chi connectivity index (χ4n) is 1.21. The normalized spacial score (nSPS) is 11.1. The van der Waals surface area contributed by atoms with E-state index in [0.717, 1.165) is 11.6 Å². The van der Waals surface area contributed by atoms with Crippen molar-refractivity contribution in [3.05, 3.63) is 17.3 Å². The fourth-order valence-corrected chi connectivity index (χ4v) is 2.24. The molecule has 0 unspecified atom stereocenters. The predicted octanol–water partition coefficient (Wildman–Crippen LogP) is 1.44. The Labute approximate surface area is 91.5 Å². The maximum atomic E-state index is 5.68. The van der Waals surface area contributed by atoms with Gasteiger partial charge in [0.1, 0.15) is 5.69 Å². The van der Waals surface area contributed by atoms with E-state index in [-0.39, 0.29) is 0 Å². The predicted molar refractivity (Wildman–Crippen MR) is 59.4 cm³/mol. The third kappa shape index (κ3) is 2.16. The Morgan fingerprint density at radius 3 is 2.87 bits per heavy atom. The summed E-state index contributed by atoms with van der Waals surface area (Å²) in [5.74, 6) is 0.560. The standard InChI is InChI=1S/C9H12N4OS/c1-13(2)5-6-3-11-9(15-6)8-7(10)4-12-14-8/h3-4H,5,10H2,1-2H3. The van der Waals surface area contributed by atoms with Crippen LogP contribution in [0, 0.1) is 0 Å². The van der Waals surface area contributed by atoms with Gasteiger partial charge in [-0.05, 0) is 14.1 Å². The number of nitrogens with two attached hydrogens (primary N) is 1. The molecule has 2 rings (SSSR count). The van der Waals surface area contributed by atoms with Gasteiger partial charge < -0.3 is 15.2 Å². The van der Waals surface area contributed by atoms with E-state index in [4.69, 9.17) is 10.3 Å². The molecule has 0 fully saturated rings. The summed E-state index contributed by atoms with van der Waals surface area (Å²) in [4.78, 5) is 7.51. The van der Waals surface area contributed by atoms with Gasteiger partial charge in [0.15, 0.2) is 5.01 Å². The van der Waals surface area contributed by atoms with Crippen LogP contribution in [0.2, 0.25) is 0 Å². The van der Waals surface area contributed by atoms with Gasteiger partial charge in [-0.2, -0.15) is 0 Å². The Kier molecular flexibility index (Phi) is 2.70. The van der Waals surface area contributed by atoms with E-state index in [9.17, 15) is 0 Å². The van der Waals surface area contributed by atoms with Gasteiger partial charge in [0.25, 0.3) is 0 Å². The van der Waals surface area contributed by atoms with Crippen molar-refractivity contribution in [1.82, 2.24) is 15.0 Å². The number of nitrogen functional groups attached to an aromatic ring is 1. The largest absolute Gasteiger partial charge is 0.394 e. The number of thiazole rings is 1. The molecule has 0 aromatic carbocycles. The Morgan fingerprint density at radius 1 is 1.47 bits per heavy atom. The lowest BCUT2D eigenvalue weighted by atomic mass is 10.4. The Hall–Kier alpha value is -1.40. The third-order valence-corrected chi connectivity index (χ3v) is 2.80. The van der Waals surface area contributed by atoms with Crippen molar-refractivity contribution in [2.45, 2.75) is 6.54 Å². The van der Waals surface area contributed by atoms with E-state index in [0.29, 0.717) is 11.4 Å². The summed E-state index contributed by atoms with van der Waals surface area (Å²) >= 11 is 1.57. The molecule has 6 heteroatoms. The van der Waals surface area contributed by atoms with Gasteiger partial charge in [0, 0.05) is 17.6 Å². The summed E-state index contributed by atoms with van der Waals surface area (Å²) in [6.07, 6.45) is 3.32. The van der Waals surface area contributed by atoms with Crippen molar-refractivity contribution in [2.75, 3.05) is 19.8 Å². The van der Waals surface area contributed by atoms with Crippen LogP contribution in [0.15, 0.2) is 16.9 Å². The van der Waals surface area contributed by atoms with Gasteiger partial charge in [-0.3, -0.25) is 0 Å². The second-order valence-electron chi connectivity index (χ2n) is 3.48. The van der Waals surface area contributed by atoms with Crippen molar-refractivity contribution in [1.29, 1.82) is 0 Å². The maximum absolute atomic E-state index is 5.68. The first kappa shape index (κ1) is 10.1. The molecule has 0 saturated heterocycles. The lowest BCUT2D eigenvalue weighted by Gasteiger charge is -2.05. The molecule has 0 radical (unpaired) electrons. The van der Waals surface area contributed by atoms with E-state index >= 15 is 0 Å². The summed E-state index contributed by atoms with van der Waals surface area (Å²) in [5.41, 5.74) is 6.21. The van der Waals surface area contributed by atoms with Crippen LogP contribution in [0.4, 0.5) is 5.69 Å². The van der Waals surface area contributed by atoms with Crippen LogP contribution < -0.4 is 5.73 Å². The molecule has 0 aliphatic heterocycles. The number of hydrogen-bond acceptors (Lipinski definition) is 6. The third-order valence-electron chi connectivity index (χ3n) is 1.82. The van der Waals surface area contributed by atoms with Gasteiger partial charge in [-0.25, -0.2) is 4.98 Å². The highest BCUT2D eigenvalue weighted by molar-refractivity contribution is 7.15.